The molecule has 3 amide bonds. The van der Waals surface area contributed by atoms with Crippen LogP contribution in [0.4, 0.5) is 25.1 Å². The van der Waals surface area contributed by atoms with Crippen LogP contribution in [0.2, 0.25) is 5.02 Å². The minimum atomic E-state index is -2.01. The highest BCUT2D eigenvalue weighted by molar-refractivity contribution is 7.91. The Balaban J connectivity index is 1.54. The van der Waals surface area contributed by atoms with Crippen LogP contribution in [-0.4, -0.2) is 41.1 Å². The molecule has 0 fully saturated rings. The molecule has 2 aromatic carbocycles. The van der Waals surface area contributed by atoms with Crippen LogP contribution in [0.3, 0.4) is 0 Å². The second-order valence-electron chi connectivity index (χ2n) is 8.37. The summed E-state index contributed by atoms with van der Waals surface area (Å²) in [6.07, 6.45) is 1.87. The van der Waals surface area contributed by atoms with Crippen LogP contribution >= 0.6 is 11.6 Å². The Morgan fingerprint density at radius 1 is 1.26 bits per heavy atom. The number of anilines is 2. The predicted molar refractivity (Wildman–Crippen MR) is 139 cm³/mol. The van der Waals surface area contributed by atoms with E-state index in [0.717, 1.165) is 17.7 Å². The molecule has 4 rings (SSSR count). The number of urea groups is 1. The van der Waals surface area contributed by atoms with Crippen molar-refractivity contribution in [2.24, 2.45) is 0 Å². The molecule has 0 saturated carbocycles. The van der Waals surface area contributed by atoms with Crippen LogP contribution in [0.15, 0.2) is 54.7 Å². The molecule has 0 aliphatic carbocycles. The third kappa shape index (κ3) is 6.13. The molecule has 2 unspecified atom stereocenters. The zero-order valence-electron chi connectivity index (χ0n) is 20.0. The van der Waals surface area contributed by atoms with Gasteiger partial charge in [-0.2, -0.15) is 9.57 Å². The second-order valence-corrected chi connectivity index (χ2v) is 9.92. The first kappa shape index (κ1) is 27.1. The van der Waals surface area contributed by atoms with Gasteiger partial charge >= 0.3 is 6.03 Å². The SMILES string of the molecule is CN(C(=O)C(Cc1cc(F)cc(F)c1)NC(=O)N[S+]([O-])N1CCc2cccnc21)c1ccc(Cl)c(C#N)c1. The average molecular weight is 559 g/mol. The molecule has 0 saturated heterocycles. The van der Waals surface area contributed by atoms with Gasteiger partial charge in [0.15, 0.2) is 5.82 Å². The molecule has 3 aromatic rings. The quantitative estimate of drug-likeness (QED) is 0.428. The van der Waals surface area contributed by atoms with Gasteiger partial charge in [0.1, 0.15) is 23.7 Å². The number of likely N-dealkylation sites (N-methyl/N-ethyl adjacent to an activating group) is 1. The monoisotopic (exact) mass is 558 g/mol. The molecule has 38 heavy (non-hydrogen) atoms. The molecular weight excluding hydrogens is 538 g/mol. The largest absolute Gasteiger partial charge is 0.568 e. The lowest BCUT2D eigenvalue weighted by molar-refractivity contribution is -0.120. The minimum Gasteiger partial charge on any atom is -0.568 e. The maximum atomic E-state index is 13.8. The van der Waals surface area contributed by atoms with E-state index in [2.05, 4.69) is 15.0 Å². The average Bonchev–Trinajstić information content (AvgIpc) is 3.31. The molecule has 1 aliphatic rings. The Labute approximate surface area is 225 Å². The summed E-state index contributed by atoms with van der Waals surface area (Å²) in [7, 11) is 1.41. The topological polar surface area (TPSA) is 124 Å². The predicted octanol–water partition coefficient (Wildman–Crippen LogP) is 3.40. The van der Waals surface area contributed by atoms with E-state index in [1.807, 2.05) is 12.1 Å². The number of amides is 3. The van der Waals surface area contributed by atoms with E-state index in [9.17, 15) is 28.2 Å². The van der Waals surface area contributed by atoms with Crippen molar-refractivity contribution < 1.29 is 22.9 Å². The zero-order chi connectivity index (χ0) is 27.4. The minimum absolute atomic E-state index is 0.113. The molecule has 0 bridgehead atoms. The first-order valence-corrected chi connectivity index (χ1v) is 12.8. The molecular formula is C25H21ClF2N6O3S. The van der Waals surface area contributed by atoms with Crippen molar-refractivity contribution in [1.82, 2.24) is 15.0 Å². The van der Waals surface area contributed by atoms with E-state index >= 15 is 0 Å². The Bertz CT molecular complexity index is 1400. The Morgan fingerprint density at radius 3 is 2.71 bits per heavy atom. The number of nitrogens with zero attached hydrogens (tertiary/aromatic N) is 4. The summed E-state index contributed by atoms with van der Waals surface area (Å²) < 4.78 is 44.2. The van der Waals surface area contributed by atoms with Gasteiger partial charge < -0.3 is 14.8 Å². The highest BCUT2D eigenvalue weighted by atomic mass is 35.5. The molecule has 2 atom stereocenters. The van der Waals surface area contributed by atoms with Crippen LogP contribution in [0.5, 0.6) is 0 Å². The maximum absolute atomic E-state index is 13.8. The number of nitriles is 1. The number of nitrogens with one attached hydrogen (secondary N) is 2. The fraction of sp³-hybridized carbons (Fsp3) is 0.200. The van der Waals surface area contributed by atoms with E-state index < -0.39 is 41.2 Å². The lowest BCUT2D eigenvalue weighted by atomic mass is 10.0. The van der Waals surface area contributed by atoms with E-state index in [-0.39, 0.29) is 22.6 Å². The van der Waals surface area contributed by atoms with Crippen LogP contribution in [-0.2, 0) is 29.2 Å². The third-order valence-corrected chi connectivity index (χ3v) is 7.27. The smallest absolute Gasteiger partial charge is 0.358 e. The summed E-state index contributed by atoms with van der Waals surface area (Å²) in [5, 5.41) is 11.9. The fourth-order valence-electron chi connectivity index (χ4n) is 3.99. The van der Waals surface area contributed by atoms with Gasteiger partial charge in [-0.25, -0.2) is 18.6 Å². The van der Waals surface area contributed by atoms with Crippen LogP contribution in [0.1, 0.15) is 16.7 Å². The number of fused-ring (bicyclic) bond motifs is 1. The van der Waals surface area contributed by atoms with Gasteiger partial charge in [-0.05, 0) is 48.4 Å². The normalized spacial score (nSPS) is 13.7. The van der Waals surface area contributed by atoms with Gasteiger partial charge in [-0.15, -0.1) is 4.72 Å². The number of carbonyl (C=O) groups excluding carboxylic acids is 2. The molecule has 13 heteroatoms. The molecule has 1 aromatic heterocycles. The van der Waals surface area contributed by atoms with Gasteiger partial charge in [0.05, 0.1) is 17.1 Å². The zero-order valence-corrected chi connectivity index (χ0v) is 21.5. The Morgan fingerprint density at radius 2 is 2.00 bits per heavy atom. The number of rotatable bonds is 7. The standard InChI is InChI=1S/C25H21ClF2N6O3S/c1-33(20-4-5-21(26)17(12-20)14-29)24(35)22(11-15-9-18(27)13-19(28)10-15)31-25(36)32-38(37)34-8-6-16-3-2-7-30-23(16)34/h2-5,7,9-10,12-13,22H,6,8,11H2,1H3,(H2,31,32,36). The van der Waals surface area contributed by atoms with E-state index in [4.69, 9.17) is 11.6 Å². The van der Waals surface area contributed by atoms with Gasteiger partial charge in [0.2, 0.25) is 17.5 Å². The van der Waals surface area contributed by atoms with E-state index in [1.165, 1.54) is 34.5 Å². The highest BCUT2D eigenvalue weighted by Crippen LogP contribution is 2.27. The Hall–Kier alpha value is -3.92. The summed E-state index contributed by atoms with van der Waals surface area (Å²) >= 11 is 3.97. The van der Waals surface area contributed by atoms with Crippen LogP contribution in [0, 0.1) is 23.0 Å². The van der Waals surface area contributed by atoms with E-state index in [0.29, 0.717) is 30.5 Å². The summed E-state index contributed by atoms with van der Waals surface area (Å²) in [5.74, 6) is -1.87. The summed E-state index contributed by atoms with van der Waals surface area (Å²) in [4.78, 5) is 31.6. The summed E-state index contributed by atoms with van der Waals surface area (Å²) in [5.41, 5.74) is 1.43. The van der Waals surface area contributed by atoms with Crippen molar-refractivity contribution >= 4 is 46.6 Å². The molecule has 1 aliphatic heterocycles. The first-order chi connectivity index (χ1) is 18.2. The number of halogens is 3. The van der Waals surface area contributed by atoms with Gasteiger partial charge in [0.25, 0.3) is 0 Å². The summed E-state index contributed by atoms with van der Waals surface area (Å²) in [6, 6.07) is 10.4. The molecule has 9 nitrogen and oxygen atoms in total. The first-order valence-electron chi connectivity index (χ1n) is 11.3. The lowest BCUT2D eigenvalue weighted by Crippen LogP contribution is -2.54. The fourth-order valence-corrected chi connectivity index (χ4v) is 5.06. The third-order valence-electron chi connectivity index (χ3n) is 5.82. The van der Waals surface area contributed by atoms with Crippen molar-refractivity contribution in [2.45, 2.75) is 18.9 Å². The number of aromatic nitrogens is 1. The lowest BCUT2D eigenvalue weighted by Gasteiger charge is -2.26. The van der Waals surface area contributed by atoms with Crippen molar-refractivity contribution in [3.8, 4) is 6.07 Å². The van der Waals surface area contributed by atoms with Crippen LogP contribution < -0.4 is 19.2 Å². The molecule has 0 radical (unpaired) electrons. The van der Waals surface area contributed by atoms with Gasteiger partial charge in [-0.3, -0.25) is 4.79 Å². The van der Waals surface area contributed by atoms with Crippen molar-refractivity contribution in [3.05, 3.63) is 88.1 Å². The van der Waals surface area contributed by atoms with Gasteiger partial charge in [0, 0.05) is 37.0 Å². The van der Waals surface area contributed by atoms with Crippen LogP contribution in [0.25, 0.3) is 0 Å². The Kier molecular flexibility index (Phi) is 8.31. The number of benzene rings is 2. The molecule has 2 N–H and O–H groups in total. The van der Waals surface area contributed by atoms with Crippen molar-refractivity contribution in [3.63, 3.8) is 0 Å². The second kappa shape index (κ2) is 11.6. The molecule has 0 spiro atoms. The van der Waals surface area contributed by atoms with E-state index in [1.54, 1.807) is 12.3 Å². The number of carbonyl (C=O) groups is 2. The number of pyridine rings is 1. The van der Waals surface area contributed by atoms with Crippen molar-refractivity contribution in [1.29, 1.82) is 5.26 Å². The van der Waals surface area contributed by atoms with Crippen molar-refractivity contribution in [2.75, 3.05) is 22.8 Å². The number of hydrogen-bond acceptors (Lipinski definition) is 6. The maximum Gasteiger partial charge on any atom is 0.358 e. The summed E-state index contributed by atoms with van der Waals surface area (Å²) in [6.45, 7) is 0.366. The molecule has 196 valence electrons. The highest BCUT2D eigenvalue weighted by Gasteiger charge is 2.33. The van der Waals surface area contributed by atoms with Gasteiger partial charge in [-0.1, -0.05) is 17.7 Å². The number of hydrogen-bond donors (Lipinski definition) is 2. The molecule has 2 heterocycles.